The van der Waals surface area contributed by atoms with Crippen LogP contribution in [0.15, 0.2) is 33.9 Å². The third-order valence-corrected chi connectivity index (χ3v) is 3.81. The minimum Gasteiger partial charge on any atom is -0.467 e. The van der Waals surface area contributed by atoms with E-state index in [2.05, 4.69) is 5.32 Å². The molecule has 0 aliphatic carbocycles. The van der Waals surface area contributed by atoms with E-state index in [4.69, 9.17) is 9.15 Å². The Balaban J connectivity index is 1.91. The third-order valence-electron chi connectivity index (χ3n) is 2.78. The largest absolute Gasteiger partial charge is 0.467 e. The van der Waals surface area contributed by atoms with Crippen molar-refractivity contribution in [1.29, 1.82) is 0 Å². The Bertz CT molecular complexity index is 582. The van der Waals surface area contributed by atoms with Crippen LogP contribution >= 0.6 is 11.8 Å². The van der Waals surface area contributed by atoms with Crippen LogP contribution in [0.4, 0.5) is 0 Å². The number of ether oxygens (including phenoxy) is 1. The van der Waals surface area contributed by atoms with Crippen molar-refractivity contribution < 1.29 is 23.5 Å². The van der Waals surface area contributed by atoms with Gasteiger partial charge in [0.1, 0.15) is 12.3 Å². The highest BCUT2D eigenvalue weighted by atomic mass is 32.2. The lowest BCUT2D eigenvalue weighted by atomic mass is 10.4. The molecule has 2 rings (SSSR count). The highest BCUT2D eigenvalue weighted by molar-refractivity contribution is 8.04. The van der Waals surface area contributed by atoms with Crippen LogP contribution in [-0.4, -0.2) is 41.6 Å². The van der Waals surface area contributed by atoms with Crippen LogP contribution in [0.1, 0.15) is 12.7 Å². The summed E-state index contributed by atoms with van der Waals surface area (Å²) in [4.78, 5) is 36.4. The standard InChI is InChI=1S/C14H16N2O5S/c1-2-20-14(19)6-13-16(12(18)9-22-13)8-11(17)15-7-10-4-3-5-21-10/h3-6H,2,7-9H2,1H3,(H,15,17). The number of furan rings is 1. The molecular formula is C14H16N2O5S. The number of nitrogens with zero attached hydrogens (tertiary/aromatic N) is 1. The zero-order valence-corrected chi connectivity index (χ0v) is 12.9. The molecular weight excluding hydrogens is 308 g/mol. The maximum atomic E-state index is 11.9. The van der Waals surface area contributed by atoms with Crippen molar-refractivity contribution in [3.05, 3.63) is 35.3 Å². The molecule has 1 saturated heterocycles. The van der Waals surface area contributed by atoms with Gasteiger partial charge >= 0.3 is 5.97 Å². The van der Waals surface area contributed by atoms with E-state index in [-0.39, 0.29) is 37.3 Å². The number of carbonyl (C=O) groups excluding carboxylic acids is 3. The Morgan fingerprint density at radius 2 is 2.36 bits per heavy atom. The number of nitrogens with one attached hydrogen (secondary N) is 1. The molecule has 2 amide bonds. The average molecular weight is 324 g/mol. The van der Waals surface area contributed by atoms with Crippen molar-refractivity contribution in [2.45, 2.75) is 13.5 Å². The molecule has 0 atom stereocenters. The van der Waals surface area contributed by atoms with Crippen LogP contribution in [0, 0.1) is 0 Å². The third kappa shape index (κ3) is 4.39. The van der Waals surface area contributed by atoms with Gasteiger partial charge in [-0.25, -0.2) is 4.79 Å². The molecule has 8 heteroatoms. The van der Waals surface area contributed by atoms with Crippen molar-refractivity contribution in [3.8, 4) is 0 Å². The van der Waals surface area contributed by atoms with Gasteiger partial charge in [0.25, 0.3) is 0 Å². The van der Waals surface area contributed by atoms with E-state index < -0.39 is 5.97 Å². The molecule has 1 aliphatic rings. The van der Waals surface area contributed by atoms with Crippen molar-refractivity contribution in [2.75, 3.05) is 18.9 Å². The van der Waals surface area contributed by atoms with Crippen molar-refractivity contribution >= 4 is 29.5 Å². The number of hydrogen-bond acceptors (Lipinski definition) is 6. The van der Waals surface area contributed by atoms with Gasteiger partial charge in [-0.15, -0.1) is 0 Å². The summed E-state index contributed by atoms with van der Waals surface area (Å²) in [6, 6.07) is 3.46. The molecule has 1 aromatic heterocycles. The van der Waals surface area contributed by atoms with Gasteiger partial charge in [0.05, 0.1) is 36.3 Å². The lowest BCUT2D eigenvalue weighted by molar-refractivity contribution is -0.137. The number of rotatable bonds is 6. The molecule has 0 unspecified atom stereocenters. The lowest BCUT2D eigenvalue weighted by Crippen LogP contribution is -2.37. The van der Waals surface area contributed by atoms with E-state index in [1.807, 2.05) is 0 Å². The van der Waals surface area contributed by atoms with E-state index in [9.17, 15) is 14.4 Å². The molecule has 7 nitrogen and oxygen atoms in total. The zero-order valence-electron chi connectivity index (χ0n) is 12.0. The zero-order chi connectivity index (χ0) is 15.9. The number of carbonyl (C=O) groups is 3. The van der Waals surface area contributed by atoms with Crippen molar-refractivity contribution in [1.82, 2.24) is 10.2 Å². The summed E-state index contributed by atoms with van der Waals surface area (Å²) in [6.07, 6.45) is 2.75. The fourth-order valence-electron chi connectivity index (χ4n) is 1.78. The van der Waals surface area contributed by atoms with E-state index in [0.717, 1.165) is 0 Å². The Morgan fingerprint density at radius 3 is 3.05 bits per heavy atom. The van der Waals surface area contributed by atoms with Crippen molar-refractivity contribution in [3.63, 3.8) is 0 Å². The Hall–Kier alpha value is -2.22. The summed E-state index contributed by atoms with van der Waals surface area (Å²) in [5.74, 6) is -0.245. The summed E-state index contributed by atoms with van der Waals surface area (Å²) in [5.41, 5.74) is 0. The molecule has 1 fully saturated rings. The molecule has 118 valence electrons. The second-order valence-electron chi connectivity index (χ2n) is 4.36. The van der Waals surface area contributed by atoms with Crippen LogP contribution in [0.2, 0.25) is 0 Å². The van der Waals surface area contributed by atoms with Gasteiger partial charge in [-0.1, -0.05) is 11.8 Å². The molecule has 0 spiro atoms. The highest BCUT2D eigenvalue weighted by Crippen LogP contribution is 2.28. The first-order valence-electron chi connectivity index (χ1n) is 6.71. The van der Waals surface area contributed by atoms with Crippen LogP contribution in [-0.2, 0) is 25.7 Å². The number of amides is 2. The van der Waals surface area contributed by atoms with E-state index >= 15 is 0 Å². The minimum atomic E-state index is -0.527. The maximum Gasteiger partial charge on any atom is 0.333 e. The first kappa shape index (κ1) is 16.2. The summed E-state index contributed by atoms with van der Waals surface area (Å²) in [6.45, 7) is 2.06. The maximum absolute atomic E-state index is 11.9. The van der Waals surface area contributed by atoms with Crippen LogP contribution in [0.25, 0.3) is 0 Å². The first-order valence-corrected chi connectivity index (χ1v) is 7.69. The summed E-state index contributed by atoms with van der Waals surface area (Å²) in [7, 11) is 0. The van der Waals surface area contributed by atoms with E-state index in [1.54, 1.807) is 19.1 Å². The monoisotopic (exact) mass is 324 g/mol. The fourth-order valence-corrected chi connectivity index (χ4v) is 2.71. The normalized spacial score (nSPS) is 16.1. The average Bonchev–Trinajstić information content (AvgIpc) is 3.10. The molecule has 0 saturated carbocycles. The van der Waals surface area contributed by atoms with Crippen LogP contribution < -0.4 is 5.32 Å². The smallest absolute Gasteiger partial charge is 0.333 e. The van der Waals surface area contributed by atoms with E-state index in [0.29, 0.717) is 10.8 Å². The van der Waals surface area contributed by atoms with Gasteiger partial charge in [-0.3, -0.25) is 14.5 Å². The first-order chi connectivity index (χ1) is 10.6. The molecule has 0 aromatic carbocycles. The van der Waals surface area contributed by atoms with Crippen LogP contribution in [0.3, 0.4) is 0 Å². The Kier molecular flexibility index (Phi) is 5.65. The molecule has 1 N–H and O–H groups in total. The molecule has 0 radical (unpaired) electrons. The second-order valence-corrected chi connectivity index (χ2v) is 5.35. The number of thioether (sulfide) groups is 1. The van der Waals surface area contributed by atoms with E-state index in [1.165, 1.54) is 29.0 Å². The predicted molar refractivity (Wildman–Crippen MR) is 79.4 cm³/mol. The van der Waals surface area contributed by atoms with Gasteiger partial charge in [-0.05, 0) is 19.1 Å². The van der Waals surface area contributed by atoms with Crippen LogP contribution in [0.5, 0.6) is 0 Å². The molecule has 1 aromatic rings. The Labute approximate surface area is 131 Å². The highest BCUT2D eigenvalue weighted by Gasteiger charge is 2.29. The summed E-state index contributed by atoms with van der Waals surface area (Å²) < 4.78 is 9.91. The van der Waals surface area contributed by atoms with Gasteiger partial charge in [0.2, 0.25) is 11.8 Å². The van der Waals surface area contributed by atoms with Gasteiger partial charge in [0, 0.05) is 0 Å². The van der Waals surface area contributed by atoms with Gasteiger partial charge in [-0.2, -0.15) is 0 Å². The van der Waals surface area contributed by atoms with Gasteiger partial charge < -0.3 is 14.5 Å². The number of hydrogen-bond donors (Lipinski definition) is 1. The second kappa shape index (κ2) is 7.69. The topological polar surface area (TPSA) is 88.9 Å². The lowest BCUT2D eigenvalue weighted by Gasteiger charge is -2.16. The Morgan fingerprint density at radius 1 is 1.55 bits per heavy atom. The number of esters is 1. The summed E-state index contributed by atoms with van der Waals surface area (Å²) in [5, 5.41) is 3.08. The fraction of sp³-hybridized carbons (Fsp3) is 0.357. The molecule has 1 aliphatic heterocycles. The molecule has 22 heavy (non-hydrogen) atoms. The quantitative estimate of drug-likeness (QED) is 0.617. The molecule has 0 bridgehead atoms. The summed E-state index contributed by atoms with van der Waals surface area (Å²) >= 11 is 1.21. The SMILES string of the molecule is CCOC(=O)C=C1SCC(=O)N1CC(=O)NCc1ccco1. The van der Waals surface area contributed by atoms with Gasteiger partial charge in [0.15, 0.2) is 0 Å². The minimum absolute atomic E-state index is 0.141. The molecule has 2 heterocycles. The van der Waals surface area contributed by atoms with Crippen molar-refractivity contribution in [2.24, 2.45) is 0 Å². The predicted octanol–water partition coefficient (Wildman–Crippen LogP) is 0.876.